The Morgan fingerprint density at radius 2 is 1.71 bits per heavy atom. The molecule has 6 nitrogen and oxygen atoms in total. The molecule has 1 saturated carbocycles. The van der Waals surface area contributed by atoms with Gasteiger partial charge in [0.25, 0.3) is 0 Å². The molecule has 0 radical (unpaired) electrons. The zero-order valence-corrected chi connectivity index (χ0v) is 15.0. The van der Waals surface area contributed by atoms with Crippen LogP contribution in [0, 0.1) is 11.8 Å². The molecule has 2 amide bonds. The molecule has 6 heteroatoms. The van der Waals surface area contributed by atoms with Crippen LogP contribution in [0.1, 0.15) is 58.8 Å². The van der Waals surface area contributed by atoms with E-state index in [1.807, 2.05) is 13.8 Å². The van der Waals surface area contributed by atoms with Crippen LogP contribution in [0.25, 0.3) is 0 Å². The number of rotatable bonds is 5. The number of carbonyl (C=O) groups is 3. The Morgan fingerprint density at radius 1 is 1.04 bits per heavy atom. The highest BCUT2D eigenvalue weighted by atomic mass is 16.5. The minimum atomic E-state index is -0.579. The van der Waals surface area contributed by atoms with Crippen molar-refractivity contribution in [3.63, 3.8) is 0 Å². The second kappa shape index (κ2) is 8.49. The predicted octanol–water partition coefficient (Wildman–Crippen LogP) is 1.87. The number of ether oxygens (including phenoxy) is 1. The molecule has 2 atom stereocenters. The SMILES string of the molecule is COC(=O)[C@@H]1CCCN1C(=O)[C@@H](NC(=O)C1CCCCC1)C(C)C. The van der Waals surface area contributed by atoms with Crippen molar-refractivity contribution in [1.82, 2.24) is 10.2 Å². The lowest BCUT2D eigenvalue weighted by molar-refractivity contribution is -0.152. The Labute approximate surface area is 144 Å². The fourth-order valence-corrected chi connectivity index (χ4v) is 3.74. The third-order valence-corrected chi connectivity index (χ3v) is 5.22. The Morgan fingerprint density at radius 3 is 2.29 bits per heavy atom. The zero-order valence-electron chi connectivity index (χ0n) is 15.0. The molecule has 1 aliphatic carbocycles. The highest BCUT2D eigenvalue weighted by Crippen LogP contribution is 2.25. The molecule has 1 saturated heterocycles. The van der Waals surface area contributed by atoms with E-state index in [9.17, 15) is 14.4 Å². The number of amides is 2. The number of hydrogen-bond donors (Lipinski definition) is 1. The van der Waals surface area contributed by atoms with Crippen molar-refractivity contribution in [2.75, 3.05) is 13.7 Å². The molecule has 1 heterocycles. The van der Waals surface area contributed by atoms with Gasteiger partial charge in [0.1, 0.15) is 12.1 Å². The molecular formula is C18H30N2O4. The van der Waals surface area contributed by atoms with E-state index in [1.165, 1.54) is 13.5 Å². The maximum Gasteiger partial charge on any atom is 0.328 e. The lowest BCUT2D eigenvalue weighted by atomic mass is 9.88. The minimum absolute atomic E-state index is 0.0165. The van der Waals surface area contributed by atoms with Crippen LogP contribution in [0.15, 0.2) is 0 Å². The largest absolute Gasteiger partial charge is 0.467 e. The van der Waals surface area contributed by atoms with E-state index in [-0.39, 0.29) is 29.6 Å². The van der Waals surface area contributed by atoms with E-state index >= 15 is 0 Å². The predicted molar refractivity (Wildman–Crippen MR) is 90.1 cm³/mol. The molecule has 1 N–H and O–H groups in total. The fraction of sp³-hybridized carbons (Fsp3) is 0.833. The Kier molecular flexibility index (Phi) is 6.63. The number of carbonyl (C=O) groups excluding carboxylic acids is 3. The van der Waals surface area contributed by atoms with Crippen molar-refractivity contribution in [1.29, 1.82) is 0 Å². The van der Waals surface area contributed by atoms with Crippen LogP contribution in [0.4, 0.5) is 0 Å². The summed E-state index contributed by atoms with van der Waals surface area (Å²) in [5, 5.41) is 2.96. The standard InChI is InChI=1S/C18H30N2O4/c1-12(2)15(19-16(21)13-8-5-4-6-9-13)17(22)20-11-7-10-14(20)18(23)24-3/h12-15H,4-11H2,1-3H3,(H,19,21)/t14-,15-/m0/s1. The van der Waals surface area contributed by atoms with Crippen LogP contribution in [0.2, 0.25) is 0 Å². The first-order valence-corrected chi connectivity index (χ1v) is 9.14. The summed E-state index contributed by atoms with van der Waals surface area (Å²) in [6.45, 7) is 4.39. The van der Waals surface area contributed by atoms with E-state index in [1.54, 1.807) is 4.90 Å². The normalized spacial score (nSPS) is 23.2. The summed E-state index contributed by atoms with van der Waals surface area (Å²) in [5.74, 6) is -0.564. The summed E-state index contributed by atoms with van der Waals surface area (Å²) in [7, 11) is 1.34. The molecule has 0 aromatic rings. The first-order chi connectivity index (χ1) is 11.5. The zero-order chi connectivity index (χ0) is 17.7. The molecular weight excluding hydrogens is 308 g/mol. The minimum Gasteiger partial charge on any atom is -0.467 e. The van der Waals surface area contributed by atoms with E-state index in [2.05, 4.69) is 5.32 Å². The van der Waals surface area contributed by atoms with Crippen molar-refractivity contribution in [3.05, 3.63) is 0 Å². The third-order valence-electron chi connectivity index (χ3n) is 5.22. The topological polar surface area (TPSA) is 75.7 Å². The summed E-state index contributed by atoms with van der Waals surface area (Å²) in [6.07, 6.45) is 6.56. The van der Waals surface area contributed by atoms with E-state index < -0.39 is 12.1 Å². The number of methoxy groups -OCH3 is 1. The molecule has 1 aliphatic heterocycles. The fourth-order valence-electron chi connectivity index (χ4n) is 3.74. The monoisotopic (exact) mass is 338 g/mol. The highest BCUT2D eigenvalue weighted by Gasteiger charge is 2.39. The summed E-state index contributed by atoms with van der Waals surface area (Å²) in [5.41, 5.74) is 0. The average Bonchev–Trinajstić information content (AvgIpc) is 3.08. The van der Waals surface area contributed by atoms with Gasteiger partial charge in [-0.15, -0.1) is 0 Å². The van der Waals surface area contributed by atoms with Gasteiger partial charge in [0.05, 0.1) is 7.11 Å². The van der Waals surface area contributed by atoms with Crippen LogP contribution in [-0.4, -0.2) is 48.4 Å². The second-order valence-electron chi connectivity index (χ2n) is 7.28. The van der Waals surface area contributed by atoms with Crippen molar-refractivity contribution in [2.45, 2.75) is 70.9 Å². The van der Waals surface area contributed by atoms with Crippen molar-refractivity contribution < 1.29 is 19.1 Å². The number of nitrogens with zero attached hydrogens (tertiary/aromatic N) is 1. The summed E-state index contributed by atoms with van der Waals surface area (Å²) < 4.78 is 4.81. The van der Waals surface area contributed by atoms with Crippen LogP contribution in [-0.2, 0) is 19.1 Å². The Balaban J connectivity index is 2.04. The van der Waals surface area contributed by atoms with Crippen molar-refractivity contribution in [2.24, 2.45) is 11.8 Å². The van der Waals surface area contributed by atoms with Gasteiger partial charge in [0.15, 0.2) is 0 Å². The van der Waals surface area contributed by atoms with E-state index in [0.717, 1.165) is 32.1 Å². The lowest BCUT2D eigenvalue weighted by Gasteiger charge is -2.31. The molecule has 136 valence electrons. The van der Waals surface area contributed by atoms with Gasteiger partial charge in [-0.2, -0.15) is 0 Å². The first-order valence-electron chi connectivity index (χ1n) is 9.14. The number of esters is 1. The summed E-state index contributed by atoms with van der Waals surface area (Å²) in [4.78, 5) is 38.9. The maximum absolute atomic E-state index is 12.9. The second-order valence-corrected chi connectivity index (χ2v) is 7.28. The molecule has 0 bridgehead atoms. The molecule has 0 unspecified atom stereocenters. The van der Waals surface area contributed by atoms with Crippen molar-refractivity contribution in [3.8, 4) is 0 Å². The lowest BCUT2D eigenvalue weighted by Crippen LogP contribution is -2.54. The molecule has 2 aliphatic rings. The molecule has 0 aromatic heterocycles. The van der Waals surface area contributed by atoms with E-state index in [4.69, 9.17) is 4.74 Å². The van der Waals surface area contributed by atoms with Gasteiger partial charge in [0, 0.05) is 12.5 Å². The van der Waals surface area contributed by atoms with Crippen LogP contribution < -0.4 is 5.32 Å². The van der Waals surface area contributed by atoms with Gasteiger partial charge >= 0.3 is 5.97 Å². The van der Waals surface area contributed by atoms with Gasteiger partial charge < -0.3 is 15.0 Å². The van der Waals surface area contributed by atoms with Crippen LogP contribution in [0.3, 0.4) is 0 Å². The van der Waals surface area contributed by atoms with Crippen LogP contribution >= 0.6 is 0 Å². The third kappa shape index (κ3) is 4.28. The molecule has 2 fully saturated rings. The van der Waals surface area contributed by atoms with Gasteiger partial charge in [-0.1, -0.05) is 33.1 Å². The van der Waals surface area contributed by atoms with Gasteiger partial charge in [0.2, 0.25) is 11.8 Å². The Hall–Kier alpha value is -1.59. The van der Waals surface area contributed by atoms with Gasteiger partial charge in [-0.25, -0.2) is 4.79 Å². The molecule has 24 heavy (non-hydrogen) atoms. The molecule has 0 spiro atoms. The average molecular weight is 338 g/mol. The summed E-state index contributed by atoms with van der Waals surface area (Å²) >= 11 is 0. The van der Waals surface area contributed by atoms with Crippen LogP contribution in [0.5, 0.6) is 0 Å². The van der Waals surface area contributed by atoms with Crippen molar-refractivity contribution >= 4 is 17.8 Å². The van der Waals surface area contributed by atoms with Gasteiger partial charge in [-0.3, -0.25) is 9.59 Å². The smallest absolute Gasteiger partial charge is 0.328 e. The number of nitrogens with one attached hydrogen (secondary N) is 1. The molecule has 2 rings (SSSR count). The highest BCUT2D eigenvalue weighted by molar-refractivity contribution is 5.91. The number of likely N-dealkylation sites (tertiary alicyclic amines) is 1. The quantitative estimate of drug-likeness (QED) is 0.777. The molecule has 0 aromatic carbocycles. The Bertz CT molecular complexity index is 472. The summed E-state index contributed by atoms with van der Waals surface area (Å²) in [6, 6.07) is -1.10. The number of hydrogen-bond acceptors (Lipinski definition) is 4. The van der Waals surface area contributed by atoms with E-state index in [0.29, 0.717) is 13.0 Å². The maximum atomic E-state index is 12.9. The van der Waals surface area contributed by atoms with Gasteiger partial charge in [-0.05, 0) is 31.6 Å². The first kappa shape index (κ1) is 18.7.